The summed E-state index contributed by atoms with van der Waals surface area (Å²) in [4.78, 5) is 67.6. The fourth-order valence-electron chi connectivity index (χ4n) is 13.9. The van der Waals surface area contributed by atoms with Crippen molar-refractivity contribution < 1.29 is 23.9 Å². The fraction of sp³-hybridized carbons (Fsp3) is 0.952. The Morgan fingerprint density at radius 3 is 1.11 bits per heavy atom. The highest BCUT2D eigenvalue weighted by Gasteiger charge is 2.39. The summed E-state index contributed by atoms with van der Waals surface area (Å²) in [5.41, 5.74) is 2.34. The largest absolute Gasteiger partial charge is 0.379 e. The number of carbonyl (C=O) groups excluding carboxylic acids is 4. The van der Waals surface area contributed by atoms with Crippen LogP contribution in [0, 0.1) is 16.7 Å². The van der Waals surface area contributed by atoms with Crippen molar-refractivity contribution in [2.45, 2.75) is 336 Å². The van der Waals surface area contributed by atoms with Crippen molar-refractivity contribution in [1.29, 1.82) is 0 Å². The number of morpholine rings is 1. The second-order valence-electron chi connectivity index (χ2n) is 39.3. The molecule has 4 N–H and O–H groups in total. The molecular weight excluding hydrogens is 1270 g/mol. The van der Waals surface area contributed by atoms with E-state index in [9.17, 15) is 19.2 Å². The van der Waals surface area contributed by atoms with Gasteiger partial charge >= 0.3 is 6.03 Å². The molecule has 0 aromatic rings. The quantitative estimate of drug-likeness (QED) is 0.193. The average molecular weight is 1450 g/mol. The molecule has 10 aliphatic heterocycles. The zero-order valence-electron chi connectivity index (χ0n) is 73.1. The molecule has 604 valence electrons. The topological polar surface area (TPSA) is 158 Å². The lowest BCUT2D eigenvalue weighted by Crippen LogP contribution is -2.54. The number of ether oxygens (including phenoxy) is 1. The number of hydrogen-bond donors (Lipinski definition) is 4. The number of nitrogens with one attached hydrogen (secondary N) is 4. The van der Waals surface area contributed by atoms with Gasteiger partial charge in [0.15, 0.2) is 0 Å². The molecule has 2 atom stereocenters. The number of urea groups is 1. The number of amides is 5. The summed E-state index contributed by atoms with van der Waals surface area (Å²) in [6, 6.07) is 1.15. The second kappa shape index (κ2) is 46.1. The fourth-order valence-corrected chi connectivity index (χ4v) is 13.9. The Bertz CT molecular complexity index is 2130. The molecule has 5 amide bonds. The first-order valence-electron chi connectivity index (χ1n) is 40.9. The van der Waals surface area contributed by atoms with Crippen LogP contribution in [0.1, 0.15) is 278 Å². The molecule has 0 aliphatic carbocycles. The molecule has 0 bridgehead atoms. The zero-order chi connectivity index (χ0) is 78.3. The van der Waals surface area contributed by atoms with Crippen LogP contribution < -0.4 is 21.3 Å². The predicted octanol–water partition coefficient (Wildman–Crippen LogP) is 13.1. The number of nitrogens with zero attached hydrogens (tertiary/aromatic N) is 10. The summed E-state index contributed by atoms with van der Waals surface area (Å²) in [5.74, 6) is 1.25. The predicted molar refractivity (Wildman–Crippen MR) is 436 cm³/mol. The van der Waals surface area contributed by atoms with Crippen molar-refractivity contribution in [2.75, 3.05) is 164 Å². The van der Waals surface area contributed by atoms with Crippen molar-refractivity contribution >= 4 is 23.8 Å². The SMILES string of the molecule is CC(=O)N1CCN(C(C)(C)C)CC1.CC(C)(C)C1CCCN1.CC(C)(C)C1NC(=O)NC1=O.CC(C)(C)N1CCCCC1.CC(C)(C)N1CCNCC1.CC(C)(C)N1CCOCC1.CC(C)N1CCCC1.CC(C)N1CCCC1=O.CC1CCN(C(C)(C)C)CC1.CN1CCN(C(C)(C)C)CC1. The van der Waals surface area contributed by atoms with Gasteiger partial charge in [0.05, 0.1) is 13.2 Å². The van der Waals surface area contributed by atoms with Crippen LogP contribution in [-0.4, -0.2) is 294 Å². The van der Waals surface area contributed by atoms with E-state index in [4.69, 9.17) is 4.74 Å². The van der Waals surface area contributed by atoms with E-state index in [2.05, 4.69) is 248 Å². The van der Waals surface area contributed by atoms with Crippen molar-refractivity contribution in [1.82, 2.24) is 70.3 Å². The second-order valence-corrected chi connectivity index (χ2v) is 39.3. The average Bonchev–Trinajstić information content (AvgIpc) is 1.69. The molecule has 2 unspecified atom stereocenters. The van der Waals surface area contributed by atoms with Crippen LogP contribution in [-0.2, 0) is 19.1 Å². The first-order valence-corrected chi connectivity index (χ1v) is 40.9. The Morgan fingerprint density at radius 1 is 0.431 bits per heavy atom. The van der Waals surface area contributed by atoms with Crippen LogP contribution in [0.25, 0.3) is 0 Å². The van der Waals surface area contributed by atoms with E-state index < -0.39 is 12.1 Å². The van der Waals surface area contributed by atoms with Crippen molar-refractivity contribution in [2.24, 2.45) is 16.7 Å². The summed E-state index contributed by atoms with van der Waals surface area (Å²) in [6.45, 7) is 93.6. The molecule has 0 aromatic heterocycles. The third kappa shape index (κ3) is 41.7. The number of piperazine rings is 3. The highest BCUT2D eigenvalue weighted by atomic mass is 16.5. The van der Waals surface area contributed by atoms with Gasteiger partial charge in [0.2, 0.25) is 11.8 Å². The normalized spacial score (nSPS) is 23.4. The van der Waals surface area contributed by atoms with E-state index in [1.165, 1.54) is 143 Å². The Kier molecular flexibility index (Phi) is 44.0. The van der Waals surface area contributed by atoms with E-state index in [1.54, 1.807) is 6.92 Å². The first kappa shape index (κ1) is 97.5. The maximum Gasteiger partial charge on any atom is 0.322 e. The minimum Gasteiger partial charge on any atom is -0.379 e. The van der Waals surface area contributed by atoms with Gasteiger partial charge in [-0.3, -0.25) is 49.1 Å². The molecule has 0 spiro atoms. The number of likely N-dealkylation sites (tertiary alicyclic amines) is 4. The molecule has 10 heterocycles. The molecule has 19 nitrogen and oxygen atoms in total. The van der Waals surface area contributed by atoms with E-state index in [-0.39, 0.29) is 22.8 Å². The van der Waals surface area contributed by atoms with Crippen LogP contribution >= 0.6 is 0 Å². The van der Waals surface area contributed by atoms with Crippen LogP contribution in [0.2, 0.25) is 0 Å². The van der Waals surface area contributed by atoms with Gasteiger partial charge in [-0.25, -0.2) is 4.79 Å². The molecule has 10 aliphatic rings. The number of rotatable bonds is 2. The van der Waals surface area contributed by atoms with E-state index >= 15 is 0 Å². The number of imide groups is 1. The van der Waals surface area contributed by atoms with Gasteiger partial charge in [0.25, 0.3) is 5.91 Å². The molecule has 19 heteroatoms. The monoisotopic (exact) mass is 1450 g/mol. The van der Waals surface area contributed by atoms with E-state index in [0.717, 1.165) is 103 Å². The Balaban J connectivity index is 0.000000568. The van der Waals surface area contributed by atoms with E-state index in [1.807, 2.05) is 30.6 Å². The van der Waals surface area contributed by atoms with Crippen molar-refractivity contribution in [3.8, 4) is 0 Å². The van der Waals surface area contributed by atoms with Gasteiger partial charge in [-0.1, -0.05) is 54.9 Å². The summed E-state index contributed by atoms with van der Waals surface area (Å²) >= 11 is 0. The number of hydrogen-bond acceptors (Lipinski definition) is 15. The van der Waals surface area contributed by atoms with Crippen LogP contribution in [0.5, 0.6) is 0 Å². The summed E-state index contributed by atoms with van der Waals surface area (Å²) in [7, 11) is 2.19. The smallest absolute Gasteiger partial charge is 0.322 e. The molecule has 10 fully saturated rings. The zero-order valence-corrected chi connectivity index (χ0v) is 73.1. The van der Waals surface area contributed by atoms with Crippen LogP contribution in [0.4, 0.5) is 4.79 Å². The number of likely N-dealkylation sites (N-methyl/N-ethyl adjacent to an activating group) is 1. The highest BCUT2D eigenvalue weighted by Crippen LogP contribution is 2.27. The minimum absolute atomic E-state index is 0.202. The summed E-state index contributed by atoms with van der Waals surface area (Å²) in [5, 5.41) is 11.6. The van der Waals surface area contributed by atoms with Crippen LogP contribution in [0.15, 0.2) is 0 Å². The minimum atomic E-state index is -0.394. The van der Waals surface area contributed by atoms with Crippen LogP contribution in [0.3, 0.4) is 0 Å². The first-order chi connectivity index (χ1) is 46.8. The molecule has 0 radical (unpaired) electrons. The molecule has 0 saturated carbocycles. The maximum absolute atomic E-state index is 11.1. The summed E-state index contributed by atoms with van der Waals surface area (Å²) in [6.07, 6.45) is 14.4. The standard InChI is InChI=1S/C10H20N2O.C10H21N.C9H20N2.C9H19N.C8H18N2.C8H17NO.C8H17N.C7H12N2O2.C7H13NO.C7H15N/c1-9(13)11-5-7-12(8-6-11)10(2,3)4;1-9-5-7-11(8-6-9)10(2,3)4;1-9(2,3)11-7-5-10(4)6-8-11;1-9(2,3)10-7-5-4-6-8-10;1-8(2,3)10-6-4-9-5-7-10;1-8(2,3)9-4-6-10-7-5-9;1-8(2,3)7-5-4-6-9-7;1-7(2,3)4-5(10)9-6(11)8-4;1-6(2)8-5-3-4-7(8)9;1-7(2)8-5-3-4-6-8/h5-8H2,1-4H3;9H,5-8H2,1-4H3;5-8H2,1-4H3;4-8H2,1-3H3;9H,4-7H2,1-3H3;4-7H2,1-3H3;7,9H,4-6H2,1-3H3;4H,1-3H3,(H2,8,9,10,11);6H,3-5H2,1-2H3;7H,3-6H2,1-2H3. The summed E-state index contributed by atoms with van der Waals surface area (Å²) < 4.78 is 5.25. The Hall–Kier alpha value is -2.56. The lowest BCUT2D eigenvalue weighted by molar-refractivity contribution is -0.131. The lowest BCUT2D eigenvalue weighted by atomic mass is 9.86. The third-order valence-electron chi connectivity index (χ3n) is 21.5. The van der Waals surface area contributed by atoms with Gasteiger partial charge in [0.1, 0.15) is 6.04 Å². The molecular formula is C83H172N14O5. The molecule has 10 rings (SSSR count). The lowest BCUT2D eigenvalue weighted by Gasteiger charge is -2.42. The van der Waals surface area contributed by atoms with Crippen molar-refractivity contribution in [3.63, 3.8) is 0 Å². The van der Waals surface area contributed by atoms with E-state index in [0.29, 0.717) is 45.1 Å². The molecule has 0 aromatic carbocycles. The van der Waals surface area contributed by atoms with Crippen molar-refractivity contribution in [3.05, 3.63) is 0 Å². The Morgan fingerprint density at radius 2 is 0.833 bits per heavy atom. The maximum atomic E-state index is 11.1. The van der Waals surface area contributed by atoms with Gasteiger partial charge in [0, 0.05) is 163 Å². The highest BCUT2D eigenvalue weighted by molar-refractivity contribution is 6.04. The van der Waals surface area contributed by atoms with Gasteiger partial charge in [-0.2, -0.15) is 0 Å². The third-order valence-corrected chi connectivity index (χ3v) is 21.5. The van der Waals surface area contributed by atoms with Gasteiger partial charge in [-0.15, -0.1) is 0 Å². The Labute approximate surface area is 631 Å². The molecule has 102 heavy (non-hydrogen) atoms. The molecule has 10 saturated heterocycles. The number of piperidine rings is 2. The van der Waals surface area contributed by atoms with Gasteiger partial charge in [-0.05, 0) is 280 Å². The number of carbonyl (C=O) groups is 4. The van der Waals surface area contributed by atoms with Gasteiger partial charge < -0.3 is 40.3 Å².